The van der Waals surface area contributed by atoms with Crippen LogP contribution >= 0.6 is 0 Å². The first-order valence-corrected chi connectivity index (χ1v) is 12.2. The lowest BCUT2D eigenvalue weighted by molar-refractivity contribution is -0.127. The minimum atomic E-state index is -3.71. The number of fused-ring (bicyclic) bond motifs is 1. The van der Waals surface area contributed by atoms with E-state index in [0.29, 0.717) is 36.2 Å². The first-order valence-electron chi connectivity index (χ1n) is 10.8. The second-order valence-electron chi connectivity index (χ2n) is 8.74. The zero-order valence-electron chi connectivity index (χ0n) is 17.3. The minimum absolute atomic E-state index is 0.0226. The number of hydrogen-bond donors (Lipinski definition) is 2. The van der Waals surface area contributed by atoms with Crippen molar-refractivity contribution in [3.05, 3.63) is 40.7 Å². The molecule has 30 heavy (non-hydrogen) atoms. The number of amides is 1. The van der Waals surface area contributed by atoms with Crippen molar-refractivity contribution in [3.63, 3.8) is 0 Å². The number of aromatic amines is 1. The van der Waals surface area contributed by atoms with Crippen LogP contribution in [-0.2, 0) is 14.8 Å². The summed E-state index contributed by atoms with van der Waals surface area (Å²) >= 11 is 0. The van der Waals surface area contributed by atoms with Crippen LogP contribution in [0.5, 0.6) is 0 Å². The normalized spacial score (nSPS) is 25.8. The molecule has 1 aromatic carbocycles. The number of sulfonamides is 1. The van der Waals surface area contributed by atoms with Crippen molar-refractivity contribution in [1.82, 2.24) is 14.6 Å². The van der Waals surface area contributed by atoms with E-state index in [9.17, 15) is 18.0 Å². The van der Waals surface area contributed by atoms with Crippen LogP contribution in [0.3, 0.4) is 0 Å². The SMILES string of the molecule is CC1CCC(NC(=O)[C@@H]2CCCN(S(=O)(=O)c3ccc4[nH]c(=O)ccc4c3)C2)CC1. The molecule has 1 aromatic heterocycles. The summed E-state index contributed by atoms with van der Waals surface area (Å²) in [6, 6.07) is 7.91. The summed E-state index contributed by atoms with van der Waals surface area (Å²) in [5.74, 6) is 0.378. The van der Waals surface area contributed by atoms with Crippen molar-refractivity contribution in [2.75, 3.05) is 13.1 Å². The van der Waals surface area contributed by atoms with E-state index in [1.807, 2.05) is 0 Å². The molecular weight excluding hydrogens is 402 g/mol. The summed E-state index contributed by atoms with van der Waals surface area (Å²) in [5, 5.41) is 3.82. The van der Waals surface area contributed by atoms with Crippen molar-refractivity contribution < 1.29 is 13.2 Å². The smallest absolute Gasteiger partial charge is 0.248 e. The molecule has 1 aliphatic heterocycles. The van der Waals surface area contributed by atoms with Gasteiger partial charge in [-0.05, 0) is 74.1 Å². The Kier molecular flexibility index (Phi) is 5.97. The van der Waals surface area contributed by atoms with Gasteiger partial charge < -0.3 is 10.3 Å². The molecule has 0 unspecified atom stereocenters. The standard InChI is InChI=1S/C22H29N3O4S/c1-15-4-7-18(8-5-15)23-22(27)17-3-2-12-25(14-17)30(28,29)19-9-10-20-16(13-19)6-11-21(26)24-20/h6,9-11,13,15,17-18H,2-5,7-8,12,14H2,1H3,(H,23,27)(H,24,26)/t15?,17-,18?/m1/s1. The molecule has 1 saturated heterocycles. The number of carbonyl (C=O) groups is 1. The molecule has 2 N–H and O–H groups in total. The van der Waals surface area contributed by atoms with E-state index in [2.05, 4.69) is 17.2 Å². The highest BCUT2D eigenvalue weighted by Gasteiger charge is 2.34. The third kappa shape index (κ3) is 4.44. The zero-order chi connectivity index (χ0) is 21.3. The van der Waals surface area contributed by atoms with E-state index < -0.39 is 10.0 Å². The molecule has 2 aromatic rings. The molecule has 4 rings (SSSR count). The second kappa shape index (κ2) is 8.51. The largest absolute Gasteiger partial charge is 0.353 e. The number of carbonyl (C=O) groups excluding carboxylic acids is 1. The fourth-order valence-electron chi connectivity index (χ4n) is 4.54. The molecule has 2 fully saturated rings. The van der Waals surface area contributed by atoms with Crippen molar-refractivity contribution >= 4 is 26.8 Å². The topological polar surface area (TPSA) is 99.3 Å². The monoisotopic (exact) mass is 431 g/mol. The van der Waals surface area contributed by atoms with Crippen LogP contribution < -0.4 is 10.9 Å². The Hall–Kier alpha value is -2.19. The van der Waals surface area contributed by atoms with Gasteiger partial charge in [-0.1, -0.05) is 6.92 Å². The molecule has 1 atom stereocenters. The van der Waals surface area contributed by atoms with E-state index in [0.717, 1.165) is 25.7 Å². The number of benzene rings is 1. The molecule has 1 saturated carbocycles. The van der Waals surface area contributed by atoms with E-state index in [1.54, 1.807) is 18.2 Å². The van der Waals surface area contributed by atoms with Crippen LogP contribution in [0.1, 0.15) is 45.4 Å². The van der Waals surface area contributed by atoms with Crippen molar-refractivity contribution in [2.45, 2.75) is 56.4 Å². The third-order valence-electron chi connectivity index (χ3n) is 6.45. The number of aromatic nitrogens is 1. The average molecular weight is 432 g/mol. The Morgan fingerprint density at radius 2 is 1.87 bits per heavy atom. The Labute approximate surface area is 176 Å². The lowest BCUT2D eigenvalue weighted by Crippen LogP contribution is -2.48. The van der Waals surface area contributed by atoms with Crippen LogP contribution in [-0.4, -0.2) is 42.7 Å². The van der Waals surface area contributed by atoms with Gasteiger partial charge in [-0.25, -0.2) is 8.42 Å². The summed E-state index contributed by atoms with van der Waals surface area (Å²) in [7, 11) is -3.71. The predicted octanol–water partition coefficient (Wildman–Crippen LogP) is 2.62. The first-order chi connectivity index (χ1) is 14.3. The predicted molar refractivity (Wildman–Crippen MR) is 116 cm³/mol. The maximum absolute atomic E-state index is 13.2. The molecule has 2 heterocycles. The van der Waals surface area contributed by atoms with Gasteiger partial charge in [-0.15, -0.1) is 0 Å². The maximum atomic E-state index is 13.2. The molecule has 0 bridgehead atoms. The Morgan fingerprint density at radius 3 is 2.63 bits per heavy atom. The number of hydrogen-bond acceptors (Lipinski definition) is 4. The number of nitrogens with one attached hydrogen (secondary N) is 2. The summed E-state index contributed by atoms with van der Waals surface area (Å²) in [5.41, 5.74) is 0.370. The van der Waals surface area contributed by atoms with E-state index in [1.165, 1.54) is 16.4 Å². The van der Waals surface area contributed by atoms with E-state index in [-0.39, 0.29) is 34.9 Å². The van der Waals surface area contributed by atoms with Gasteiger partial charge in [0.15, 0.2) is 0 Å². The summed E-state index contributed by atoms with van der Waals surface area (Å²) in [6.45, 7) is 2.87. The van der Waals surface area contributed by atoms with Gasteiger partial charge in [0.05, 0.1) is 10.8 Å². The van der Waals surface area contributed by atoms with Gasteiger partial charge in [0.2, 0.25) is 21.5 Å². The van der Waals surface area contributed by atoms with Crippen LogP contribution in [0, 0.1) is 11.8 Å². The number of H-pyrrole nitrogens is 1. The summed E-state index contributed by atoms with van der Waals surface area (Å²) in [4.78, 5) is 27.1. The highest BCUT2D eigenvalue weighted by atomic mass is 32.2. The fourth-order valence-corrected chi connectivity index (χ4v) is 6.10. The quantitative estimate of drug-likeness (QED) is 0.777. The second-order valence-corrected chi connectivity index (χ2v) is 10.7. The molecule has 162 valence electrons. The van der Waals surface area contributed by atoms with Crippen molar-refractivity contribution in [3.8, 4) is 0 Å². The van der Waals surface area contributed by atoms with Crippen molar-refractivity contribution in [1.29, 1.82) is 0 Å². The van der Waals surface area contributed by atoms with Gasteiger partial charge in [0.25, 0.3) is 0 Å². The van der Waals surface area contributed by atoms with Crippen LogP contribution in [0.15, 0.2) is 40.0 Å². The number of nitrogens with zero attached hydrogens (tertiary/aromatic N) is 1. The van der Waals surface area contributed by atoms with E-state index >= 15 is 0 Å². The van der Waals surface area contributed by atoms with Gasteiger partial charge >= 0.3 is 0 Å². The van der Waals surface area contributed by atoms with Crippen LogP contribution in [0.4, 0.5) is 0 Å². The maximum Gasteiger partial charge on any atom is 0.248 e. The van der Waals surface area contributed by atoms with Gasteiger partial charge in [-0.2, -0.15) is 4.31 Å². The molecule has 0 spiro atoms. The molecule has 1 aliphatic carbocycles. The number of pyridine rings is 1. The molecular formula is C22H29N3O4S. The summed E-state index contributed by atoms with van der Waals surface area (Å²) in [6.07, 6.45) is 5.63. The molecule has 1 amide bonds. The Bertz CT molecular complexity index is 1090. The first kappa shape index (κ1) is 21.1. The Balaban J connectivity index is 1.47. The summed E-state index contributed by atoms with van der Waals surface area (Å²) < 4.78 is 27.9. The number of piperidine rings is 1. The molecule has 7 nitrogen and oxygen atoms in total. The molecule has 0 radical (unpaired) electrons. The van der Waals surface area contributed by atoms with E-state index in [4.69, 9.17) is 0 Å². The Morgan fingerprint density at radius 1 is 1.10 bits per heavy atom. The van der Waals surface area contributed by atoms with Crippen LogP contribution in [0.2, 0.25) is 0 Å². The third-order valence-corrected chi connectivity index (χ3v) is 8.31. The highest BCUT2D eigenvalue weighted by molar-refractivity contribution is 7.89. The number of rotatable bonds is 4. The molecule has 2 aliphatic rings. The minimum Gasteiger partial charge on any atom is -0.353 e. The van der Waals surface area contributed by atoms with Crippen LogP contribution in [0.25, 0.3) is 10.9 Å². The fraction of sp³-hybridized carbons (Fsp3) is 0.545. The lowest BCUT2D eigenvalue weighted by Gasteiger charge is -2.33. The van der Waals surface area contributed by atoms with Crippen molar-refractivity contribution in [2.24, 2.45) is 11.8 Å². The zero-order valence-corrected chi connectivity index (χ0v) is 18.1. The average Bonchev–Trinajstić information content (AvgIpc) is 2.75. The van der Waals surface area contributed by atoms with Gasteiger partial charge in [0.1, 0.15) is 0 Å². The van der Waals surface area contributed by atoms with Gasteiger partial charge in [0, 0.05) is 30.7 Å². The van der Waals surface area contributed by atoms with Gasteiger partial charge in [-0.3, -0.25) is 9.59 Å². The highest BCUT2D eigenvalue weighted by Crippen LogP contribution is 2.27. The lowest BCUT2D eigenvalue weighted by atomic mass is 9.87. The molecule has 8 heteroatoms.